The van der Waals surface area contributed by atoms with Crippen LogP contribution in [0.2, 0.25) is 0 Å². The molecule has 1 N–H and O–H groups in total. The fourth-order valence-electron chi connectivity index (χ4n) is 2.14. The predicted octanol–water partition coefficient (Wildman–Crippen LogP) is 3.29. The van der Waals surface area contributed by atoms with Crippen molar-refractivity contribution < 1.29 is 17.6 Å². The third kappa shape index (κ3) is 3.76. The molecule has 0 aromatic heterocycles. The normalized spacial score (nSPS) is 20.1. The minimum Gasteiger partial charge on any atom is -0.352 e. The number of rotatable bonds is 4. The lowest BCUT2D eigenvalue weighted by Crippen LogP contribution is -2.27. The topological polar surface area (TPSA) is 63.2 Å². The minimum atomic E-state index is -4.26. The van der Waals surface area contributed by atoms with Crippen LogP contribution in [0.25, 0.3) is 0 Å². The Morgan fingerprint density at radius 2 is 2.10 bits per heavy atom. The summed E-state index contributed by atoms with van der Waals surface area (Å²) in [6.45, 7) is 4.60. The Hall–Kier alpha value is -0.660. The van der Waals surface area contributed by atoms with Gasteiger partial charge in [0.05, 0.1) is 5.56 Å². The van der Waals surface area contributed by atoms with Gasteiger partial charge in [0.2, 0.25) is 0 Å². The molecule has 1 aromatic carbocycles. The van der Waals surface area contributed by atoms with Crippen LogP contribution < -0.4 is 5.32 Å². The molecule has 0 heterocycles. The zero-order valence-electron chi connectivity index (χ0n) is 11.4. The summed E-state index contributed by atoms with van der Waals surface area (Å²) in [4.78, 5) is 11.3. The van der Waals surface area contributed by atoms with Crippen LogP contribution in [0.1, 0.15) is 30.6 Å². The number of hydrogen-bond donors (Lipinski definition) is 1. The maximum Gasteiger partial charge on any atom is 0.264 e. The van der Waals surface area contributed by atoms with Gasteiger partial charge in [-0.3, -0.25) is 4.79 Å². The second-order valence-electron chi connectivity index (χ2n) is 5.80. The van der Waals surface area contributed by atoms with Crippen molar-refractivity contribution in [3.05, 3.63) is 28.0 Å². The molecule has 21 heavy (non-hydrogen) atoms. The fraction of sp³-hybridized carbons (Fsp3) is 0.462. The molecule has 1 aliphatic rings. The summed E-state index contributed by atoms with van der Waals surface area (Å²) in [5.41, 5.74) is -0.157. The second kappa shape index (κ2) is 5.52. The van der Waals surface area contributed by atoms with Gasteiger partial charge in [0.25, 0.3) is 15.0 Å². The summed E-state index contributed by atoms with van der Waals surface area (Å²) >= 11 is 3.05. The van der Waals surface area contributed by atoms with E-state index in [1.807, 2.05) is 0 Å². The van der Waals surface area contributed by atoms with Crippen LogP contribution in [0, 0.1) is 17.2 Å². The van der Waals surface area contributed by atoms with E-state index in [1.54, 1.807) is 0 Å². The van der Waals surface area contributed by atoms with Crippen molar-refractivity contribution in [3.8, 4) is 0 Å². The molecule has 1 saturated carbocycles. The monoisotopic (exact) mass is 397 g/mol. The Morgan fingerprint density at radius 1 is 1.52 bits per heavy atom. The van der Waals surface area contributed by atoms with Gasteiger partial charge in [-0.05, 0) is 29.9 Å². The average molecular weight is 399 g/mol. The van der Waals surface area contributed by atoms with E-state index < -0.39 is 25.7 Å². The fourth-order valence-corrected chi connectivity index (χ4v) is 3.68. The van der Waals surface area contributed by atoms with E-state index in [-0.39, 0.29) is 15.5 Å². The molecular formula is C13H14BrClFNO3S. The molecule has 8 heteroatoms. The van der Waals surface area contributed by atoms with Gasteiger partial charge in [0.15, 0.2) is 5.82 Å². The quantitative estimate of drug-likeness (QED) is 0.792. The van der Waals surface area contributed by atoms with E-state index in [4.69, 9.17) is 10.7 Å². The molecule has 0 spiro atoms. The van der Waals surface area contributed by atoms with Crippen molar-refractivity contribution in [1.29, 1.82) is 0 Å². The standard InChI is InChI=1S/C13H14BrClFNO3S/c1-13(2)5-7(13)6-17-12(18)9-3-8(14)4-10(11(9)16)21(15,19)20/h3-4,7H,5-6H2,1-2H3,(H,17,18). The van der Waals surface area contributed by atoms with Crippen LogP contribution in [-0.2, 0) is 9.05 Å². The van der Waals surface area contributed by atoms with Gasteiger partial charge in [-0.1, -0.05) is 29.8 Å². The van der Waals surface area contributed by atoms with Crippen LogP contribution in [0.15, 0.2) is 21.5 Å². The van der Waals surface area contributed by atoms with Gasteiger partial charge in [-0.2, -0.15) is 0 Å². The molecule has 0 radical (unpaired) electrons. The highest BCUT2D eigenvalue weighted by molar-refractivity contribution is 9.10. The van der Waals surface area contributed by atoms with Crippen LogP contribution in [0.4, 0.5) is 4.39 Å². The van der Waals surface area contributed by atoms with E-state index in [0.717, 1.165) is 12.5 Å². The first kappa shape index (κ1) is 16.7. The Morgan fingerprint density at radius 3 is 2.57 bits per heavy atom. The molecule has 2 rings (SSSR count). The summed E-state index contributed by atoms with van der Waals surface area (Å²) in [6, 6.07) is 2.26. The molecule has 1 unspecified atom stereocenters. The van der Waals surface area contributed by atoms with E-state index in [2.05, 4.69) is 35.1 Å². The summed E-state index contributed by atoms with van der Waals surface area (Å²) in [6.07, 6.45) is 0.996. The maximum absolute atomic E-state index is 14.1. The van der Waals surface area contributed by atoms with Crippen molar-refractivity contribution in [2.24, 2.45) is 11.3 Å². The van der Waals surface area contributed by atoms with Crippen LogP contribution >= 0.6 is 26.6 Å². The Bertz CT molecular complexity index is 706. The third-order valence-electron chi connectivity index (χ3n) is 3.74. The third-order valence-corrected chi connectivity index (χ3v) is 5.52. The van der Waals surface area contributed by atoms with Crippen molar-refractivity contribution >= 4 is 41.6 Å². The van der Waals surface area contributed by atoms with Crippen LogP contribution in [0.5, 0.6) is 0 Å². The number of halogens is 3. The number of carbonyl (C=O) groups is 1. The molecule has 1 aliphatic carbocycles. The molecule has 0 saturated heterocycles. The number of benzene rings is 1. The predicted molar refractivity (Wildman–Crippen MR) is 81.4 cm³/mol. The average Bonchev–Trinajstić information content (AvgIpc) is 2.95. The molecule has 0 aliphatic heterocycles. The minimum absolute atomic E-state index is 0.188. The Labute approximate surface area is 135 Å². The highest BCUT2D eigenvalue weighted by atomic mass is 79.9. The number of hydrogen-bond acceptors (Lipinski definition) is 3. The van der Waals surface area contributed by atoms with Crippen molar-refractivity contribution in [1.82, 2.24) is 5.32 Å². The lowest BCUT2D eigenvalue weighted by Gasteiger charge is -2.09. The smallest absolute Gasteiger partial charge is 0.264 e. The second-order valence-corrected chi connectivity index (χ2v) is 9.25. The lowest BCUT2D eigenvalue weighted by atomic mass is 10.1. The highest BCUT2D eigenvalue weighted by Crippen LogP contribution is 2.51. The SMILES string of the molecule is CC1(C)CC1CNC(=O)c1cc(Br)cc(S(=O)(=O)Cl)c1F. The van der Waals surface area contributed by atoms with Gasteiger partial charge in [0, 0.05) is 21.7 Å². The summed E-state index contributed by atoms with van der Waals surface area (Å²) < 4.78 is 37.0. The molecule has 1 aromatic rings. The summed E-state index contributed by atoms with van der Waals surface area (Å²) in [5, 5.41) is 2.63. The van der Waals surface area contributed by atoms with Crippen molar-refractivity contribution in [2.45, 2.75) is 25.2 Å². The first-order valence-corrected chi connectivity index (χ1v) is 9.34. The van der Waals surface area contributed by atoms with Crippen molar-refractivity contribution in [2.75, 3.05) is 6.54 Å². The molecule has 0 bridgehead atoms. The Balaban J connectivity index is 2.23. The molecule has 4 nitrogen and oxygen atoms in total. The molecule has 1 amide bonds. The zero-order chi connectivity index (χ0) is 16.0. The molecule has 1 fully saturated rings. The first-order valence-electron chi connectivity index (χ1n) is 6.24. The first-order chi connectivity index (χ1) is 9.52. The van der Waals surface area contributed by atoms with E-state index in [0.29, 0.717) is 12.5 Å². The van der Waals surface area contributed by atoms with E-state index >= 15 is 0 Å². The molecule has 116 valence electrons. The van der Waals surface area contributed by atoms with Crippen molar-refractivity contribution in [3.63, 3.8) is 0 Å². The lowest BCUT2D eigenvalue weighted by molar-refractivity contribution is 0.0946. The van der Waals surface area contributed by atoms with E-state index in [1.165, 1.54) is 6.07 Å². The number of carbonyl (C=O) groups excluding carboxylic acids is 1. The van der Waals surface area contributed by atoms with Crippen LogP contribution in [-0.4, -0.2) is 20.9 Å². The zero-order valence-corrected chi connectivity index (χ0v) is 14.6. The van der Waals surface area contributed by atoms with Gasteiger partial charge in [-0.15, -0.1) is 0 Å². The largest absolute Gasteiger partial charge is 0.352 e. The summed E-state index contributed by atoms with van der Waals surface area (Å²) in [7, 11) is 0.905. The maximum atomic E-state index is 14.1. The van der Waals surface area contributed by atoms with Crippen LogP contribution in [0.3, 0.4) is 0 Å². The molecule has 1 atom stereocenters. The van der Waals surface area contributed by atoms with E-state index in [9.17, 15) is 17.6 Å². The Kier molecular flexibility index (Phi) is 4.39. The van der Waals surface area contributed by atoms with Gasteiger partial charge >= 0.3 is 0 Å². The summed E-state index contributed by atoms with van der Waals surface area (Å²) in [5.74, 6) is -1.44. The number of nitrogens with one attached hydrogen (secondary N) is 1. The van der Waals surface area contributed by atoms with Gasteiger partial charge in [-0.25, -0.2) is 12.8 Å². The number of amides is 1. The van der Waals surface area contributed by atoms with Gasteiger partial charge < -0.3 is 5.32 Å². The van der Waals surface area contributed by atoms with Gasteiger partial charge in [0.1, 0.15) is 4.90 Å². The highest BCUT2D eigenvalue weighted by Gasteiger charge is 2.45. The molecular weight excluding hydrogens is 385 g/mol.